The van der Waals surface area contributed by atoms with Gasteiger partial charge >= 0.3 is 11.9 Å². The lowest BCUT2D eigenvalue weighted by atomic mass is 10.0. The second kappa shape index (κ2) is 14.3. The van der Waals surface area contributed by atoms with Crippen molar-refractivity contribution in [2.75, 3.05) is 26.3 Å². The third-order valence-corrected chi connectivity index (χ3v) is 4.24. The fourth-order valence-electron chi connectivity index (χ4n) is 2.77. The summed E-state index contributed by atoms with van der Waals surface area (Å²) in [5.41, 5.74) is 2.34. The van der Waals surface area contributed by atoms with Crippen LogP contribution >= 0.6 is 0 Å². The van der Waals surface area contributed by atoms with Gasteiger partial charge in [-0.15, -0.1) is 0 Å². The first-order valence-electron chi connectivity index (χ1n) is 10.1. The van der Waals surface area contributed by atoms with Crippen LogP contribution in [0.2, 0.25) is 0 Å². The number of carboxylic acids is 2. The predicted octanol–water partition coefficient (Wildman–Crippen LogP) is 3.62. The smallest absolute Gasteiger partial charge is 0.414 e. The lowest BCUT2D eigenvalue weighted by molar-refractivity contribution is -0.159. The van der Waals surface area contributed by atoms with Crippen LogP contribution in [0, 0.1) is 0 Å². The minimum Gasteiger partial charge on any atom is -0.492 e. The molecule has 3 aromatic rings. The number of aliphatic carboxylic acids is 2. The molecule has 0 aliphatic heterocycles. The van der Waals surface area contributed by atoms with Crippen LogP contribution in [0.3, 0.4) is 0 Å². The summed E-state index contributed by atoms with van der Waals surface area (Å²) in [6, 6.07) is 30.6. The maximum absolute atomic E-state index is 9.10. The summed E-state index contributed by atoms with van der Waals surface area (Å²) in [6.45, 7) is 2.86. The molecule has 0 saturated heterocycles. The highest BCUT2D eigenvalue weighted by atomic mass is 16.5. The minimum atomic E-state index is -1.82. The predicted molar refractivity (Wildman–Crippen MR) is 121 cm³/mol. The van der Waals surface area contributed by atoms with E-state index < -0.39 is 11.9 Å². The molecule has 0 heterocycles. The number of nitrogens with one attached hydrogen (secondary N) is 1. The third kappa shape index (κ3) is 9.42. The van der Waals surface area contributed by atoms with Crippen LogP contribution in [-0.2, 0) is 14.3 Å². The Balaban J connectivity index is 0.000000534. The molecule has 0 saturated carbocycles. The van der Waals surface area contributed by atoms with Crippen molar-refractivity contribution in [1.29, 1.82) is 0 Å². The largest absolute Gasteiger partial charge is 0.492 e. The number of benzene rings is 3. The highest BCUT2D eigenvalue weighted by molar-refractivity contribution is 6.27. The third-order valence-electron chi connectivity index (χ3n) is 4.24. The number of ether oxygens (including phenoxy) is 2. The molecular weight excluding hydrogens is 410 g/mol. The Hall–Kier alpha value is -3.68. The molecule has 3 aromatic carbocycles. The fraction of sp³-hybridized carbons (Fsp3) is 0.200. The van der Waals surface area contributed by atoms with Crippen LogP contribution in [0.1, 0.15) is 17.2 Å². The molecule has 0 unspecified atom stereocenters. The van der Waals surface area contributed by atoms with E-state index in [9.17, 15) is 0 Å². The molecule has 3 N–H and O–H groups in total. The van der Waals surface area contributed by atoms with Crippen LogP contribution in [0.15, 0.2) is 91.0 Å². The molecular formula is C25H27NO6. The lowest BCUT2D eigenvalue weighted by Crippen LogP contribution is -2.25. The second-order valence-electron chi connectivity index (χ2n) is 6.59. The van der Waals surface area contributed by atoms with E-state index >= 15 is 0 Å². The van der Waals surface area contributed by atoms with Gasteiger partial charge in [-0.2, -0.15) is 0 Å². The van der Waals surface area contributed by atoms with E-state index in [1.165, 1.54) is 11.1 Å². The summed E-state index contributed by atoms with van der Waals surface area (Å²) in [7, 11) is 0. The quantitative estimate of drug-likeness (QED) is 0.329. The van der Waals surface area contributed by atoms with Crippen molar-refractivity contribution in [3.63, 3.8) is 0 Å². The zero-order valence-electron chi connectivity index (χ0n) is 17.6. The molecule has 0 radical (unpaired) electrons. The highest BCUT2D eigenvalue weighted by Crippen LogP contribution is 2.25. The van der Waals surface area contributed by atoms with Gasteiger partial charge in [0.05, 0.1) is 6.61 Å². The topological polar surface area (TPSA) is 105 Å². The monoisotopic (exact) mass is 437 g/mol. The van der Waals surface area contributed by atoms with Gasteiger partial charge in [-0.05, 0) is 23.3 Å². The molecule has 32 heavy (non-hydrogen) atoms. The number of rotatable bonds is 10. The Morgan fingerprint density at radius 1 is 0.688 bits per heavy atom. The van der Waals surface area contributed by atoms with E-state index in [1.54, 1.807) is 0 Å². The average Bonchev–Trinajstić information content (AvgIpc) is 2.83. The number of carbonyl (C=O) groups is 2. The zero-order valence-corrected chi connectivity index (χ0v) is 17.6. The summed E-state index contributed by atoms with van der Waals surface area (Å²) in [4.78, 5) is 18.2. The molecule has 0 spiro atoms. The van der Waals surface area contributed by atoms with Gasteiger partial charge in [0.2, 0.25) is 0 Å². The molecule has 0 fully saturated rings. The summed E-state index contributed by atoms with van der Waals surface area (Å²) < 4.78 is 11.8. The van der Waals surface area contributed by atoms with Gasteiger partial charge in [0.1, 0.15) is 18.5 Å². The number of para-hydroxylation sites is 1. The fourth-order valence-corrected chi connectivity index (χ4v) is 2.77. The van der Waals surface area contributed by atoms with Crippen LogP contribution in [-0.4, -0.2) is 48.5 Å². The van der Waals surface area contributed by atoms with E-state index in [1.807, 2.05) is 66.7 Å². The summed E-state index contributed by atoms with van der Waals surface area (Å²) in [5, 5.41) is 18.1. The van der Waals surface area contributed by atoms with Crippen molar-refractivity contribution < 1.29 is 29.3 Å². The lowest BCUT2D eigenvalue weighted by Gasteiger charge is -2.19. The Bertz CT molecular complexity index is 867. The molecule has 3 rings (SSSR count). The molecule has 0 bridgehead atoms. The standard InChI is InChI=1S/C23H25NO2.C2H2O4/c1-4-10-20(11-5-1)23(21-12-6-2-7-13-21)26-19-17-24-16-18-25-22-14-8-3-9-15-22;3-1(4)2(5)6/h1-15,23-24H,16-19H2;(H,3,4)(H,5,6). The van der Waals surface area contributed by atoms with Crippen molar-refractivity contribution in [1.82, 2.24) is 5.32 Å². The second-order valence-corrected chi connectivity index (χ2v) is 6.59. The Morgan fingerprint density at radius 3 is 1.59 bits per heavy atom. The zero-order chi connectivity index (χ0) is 23.0. The van der Waals surface area contributed by atoms with Gasteiger partial charge in [-0.3, -0.25) is 0 Å². The van der Waals surface area contributed by atoms with E-state index in [0.29, 0.717) is 13.2 Å². The van der Waals surface area contributed by atoms with Crippen LogP contribution in [0.4, 0.5) is 0 Å². The Kier molecular flexibility index (Phi) is 11.0. The molecule has 0 aliphatic carbocycles. The van der Waals surface area contributed by atoms with Crippen molar-refractivity contribution in [2.24, 2.45) is 0 Å². The molecule has 7 heteroatoms. The highest BCUT2D eigenvalue weighted by Gasteiger charge is 2.13. The summed E-state index contributed by atoms with van der Waals surface area (Å²) in [5.74, 6) is -2.75. The number of carboxylic acid groups (broad SMARTS) is 2. The minimum absolute atomic E-state index is 0.0419. The molecule has 0 aliphatic rings. The molecule has 168 valence electrons. The first kappa shape index (κ1) is 24.6. The van der Waals surface area contributed by atoms with Crippen LogP contribution in [0.25, 0.3) is 0 Å². The van der Waals surface area contributed by atoms with Crippen molar-refractivity contribution in [2.45, 2.75) is 6.10 Å². The van der Waals surface area contributed by atoms with E-state index in [-0.39, 0.29) is 6.10 Å². The van der Waals surface area contributed by atoms with Gasteiger partial charge in [-0.1, -0.05) is 78.9 Å². The van der Waals surface area contributed by atoms with E-state index in [2.05, 4.69) is 29.6 Å². The van der Waals surface area contributed by atoms with Gasteiger partial charge in [-0.25, -0.2) is 9.59 Å². The first-order chi connectivity index (χ1) is 15.6. The number of hydrogen-bond donors (Lipinski definition) is 3. The van der Waals surface area contributed by atoms with Gasteiger partial charge in [0, 0.05) is 13.1 Å². The maximum Gasteiger partial charge on any atom is 0.414 e. The molecule has 7 nitrogen and oxygen atoms in total. The van der Waals surface area contributed by atoms with Crippen LogP contribution < -0.4 is 10.1 Å². The maximum atomic E-state index is 9.10. The van der Waals surface area contributed by atoms with Gasteiger partial charge in [0.15, 0.2) is 0 Å². The Labute approximate surface area is 187 Å². The molecule has 0 amide bonds. The van der Waals surface area contributed by atoms with E-state index in [0.717, 1.165) is 18.8 Å². The normalized spacial score (nSPS) is 10.2. The molecule has 0 aromatic heterocycles. The van der Waals surface area contributed by atoms with Crippen molar-refractivity contribution >= 4 is 11.9 Å². The number of hydrogen-bond acceptors (Lipinski definition) is 5. The average molecular weight is 437 g/mol. The van der Waals surface area contributed by atoms with Crippen LogP contribution in [0.5, 0.6) is 5.75 Å². The van der Waals surface area contributed by atoms with Gasteiger partial charge in [0.25, 0.3) is 0 Å². The van der Waals surface area contributed by atoms with Crippen molar-refractivity contribution in [3.8, 4) is 5.75 Å². The van der Waals surface area contributed by atoms with E-state index in [4.69, 9.17) is 29.3 Å². The SMILES string of the molecule is O=C(O)C(=O)O.c1ccc(OCCNCCOC(c2ccccc2)c2ccccc2)cc1. The summed E-state index contributed by atoms with van der Waals surface area (Å²) in [6.07, 6.45) is -0.0419. The Morgan fingerprint density at radius 2 is 1.12 bits per heavy atom. The van der Waals surface area contributed by atoms with Crippen molar-refractivity contribution in [3.05, 3.63) is 102 Å². The summed E-state index contributed by atoms with van der Waals surface area (Å²) >= 11 is 0. The van der Waals surface area contributed by atoms with Gasteiger partial charge < -0.3 is 25.0 Å². The molecule has 0 atom stereocenters. The first-order valence-corrected chi connectivity index (χ1v) is 10.1.